The van der Waals surface area contributed by atoms with Crippen molar-refractivity contribution in [2.75, 3.05) is 49.9 Å². The van der Waals surface area contributed by atoms with E-state index in [1.54, 1.807) is 0 Å². The molecule has 20 heavy (non-hydrogen) atoms. The Kier molecular flexibility index (Phi) is 6.70. The third kappa shape index (κ3) is 4.40. The van der Waals surface area contributed by atoms with Gasteiger partial charge >= 0.3 is 0 Å². The molecule has 2 N–H and O–H groups in total. The predicted molar refractivity (Wildman–Crippen MR) is 89.8 cm³/mol. The molecule has 1 aromatic carbocycles. The minimum Gasteiger partial charge on any atom is -0.368 e. The Morgan fingerprint density at radius 1 is 1.10 bits per heavy atom. The van der Waals surface area contributed by atoms with Gasteiger partial charge in [0.25, 0.3) is 0 Å². The van der Waals surface area contributed by atoms with Gasteiger partial charge in [0.05, 0.1) is 5.69 Å². The first-order valence-electron chi connectivity index (χ1n) is 7.74. The number of rotatable bonds is 7. The highest BCUT2D eigenvalue weighted by atomic mass is 32.2. The van der Waals surface area contributed by atoms with E-state index in [0.717, 1.165) is 31.8 Å². The van der Waals surface area contributed by atoms with Crippen LogP contribution < -0.4 is 10.6 Å². The number of unbranched alkanes of at least 4 members (excludes halogenated alkanes) is 1. The number of benzene rings is 1. The number of hydrogen-bond acceptors (Lipinski definition) is 4. The molecule has 112 valence electrons. The molecular formula is C16H27N3S. The van der Waals surface area contributed by atoms with Gasteiger partial charge in [-0.25, -0.2) is 0 Å². The average Bonchev–Trinajstić information content (AvgIpc) is 2.49. The van der Waals surface area contributed by atoms with Crippen LogP contribution in [0.25, 0.3) is 0 Å². The van der Waals surface area contributed by atoms with Crippen molar-refractivity contribution in [2.45, 2.75) is 24.7 Å². The van der Waals surface area contributed by atoms with E-state index in [1.807, 2.05) is 11.8 Å². The first-order chi connectivity index (χ1) is 9.85. The third-order valence-corrected chi connectivity index (χ3v) is 4.75. The zero-order valence-corrected chi connectivity index (χ0v) is 13.4. The maximum atomic E-state index is 5.56. The van der Waals surface area contributed by atoms with Gasteiger partial charge in [0.15, 0.2) is 0 Å². The quantitative estimate of drug-likeness (QED) is 0.619. The molecule has 4 heteroatoms. The van der Waals surface area contributed by atoms with Gasteiger partial charge in [-0.2, -0.15) is 0 Å². The lowest BCUT2D eigenvalue weighted by Crippen LogP contribution is -2.46. The van der Waals surface area contributed by atoms with Crippen molar-refractivity contribution >= 4 is 17.4 Å². The number of nitrogens with zero attached hydrogens (tertiary/aromatic N) is 2. The van der Waals surface area contributed by atoms with Crippen LogP contribution in [0.1, 0.15) is 19.8 Å². The highest BCUT2D eigenvalue weighted by Crippen LogP contribution is 2.30. The van der Waals surface area contributed by atoms with E-state index in [9.17, 15) is 0 Å². The summed E-state index contributed by atoms with van der Waals surface area (Å²) in [6.45, 7) is 8.88. The van der Waals surface area contributed by atoms with Gasteiger partial charge in [-0.05, 0) is 43.8 Å². The molecule has 0 spiro atoms. The highest BCUT2D eigenvalue weighted by Gasteiger charge is 2.18. The molecule has 1 aliphatic heterocycles. The monoisotopic (exact) mass is 293 g/mol. The van der Waals surface area contributed by atoms with Crippen LogP contribution in [-0.2, 0) is 0 Å². The van der Waals surface area contributed by atoms with E-state index in [0.29, 0.717) is 0 Å². The Morgan fingerprint density at radius 3 is 2.55 bits per heavy atom. The smallest absolute Gasteiger partial charge is 0.0505 e. The topological polar surface area (TPSA) is 32.5 Å². The lowest BCUT2D eigenvalue weighted by atomic mass is 10.2. The fourth-order valence-electron chi connectivity index (χ4n) is 2.69. The van der Waals surface area contributed by atoms with Gasteiger partial charge in [-0.1, -0.05) is 19.1 Å². The maximum Gasteiger partial charge on any atom is 0.0505 e. The summed E-state index contributed by atoms with van der Waals surface area (Å²) < 4.78 is 0. The van der Waals surface area contributed by atoms with E-state index in [2.05, 4.69) is 41.0 Å². The van der Waals surface area contributed by atoms with Crippen molar-refractivity contribution in [2.24, 2.45) is 5.73 Å². The minimum atomic E-state index is 0.821. The summed E-state index contributed by atoms with van der Waals surface area (Å²) >= 11 is 1.94. The van der Waals surface area contributed by atoms with Crippen molar-refractivity contribution in [1.29, 1.82) is 0 Å². The fraction of sp³-hybridized carbons (Fsp3) is 0.625. The van der Waals surface area contributed by atoms with Crippen LogP contribution in [0.15, 0.2) is 29.2 Å². The Morgan fingerprint density at radius 2 is 1.85 bits per heavy atom. The van der Waals surface area contributed by atoms with E-state index in [1.165, 1.54) is 36.6 Å². The Labute approximate surface area is 127 Å². The number of anilines is 1. The van der Waals surface area contributed by atoms with Crippen LogP contribution in [-0.4, -0.2) is 49.9 Å². The molecule has 0 aliphatic carbocycles. The summed E-state index contributed by atoms with van der Waals surface area (Å²) in [6, 6.07) is 8.81. The molecule has 1 heterocycles. The lowest BCUT2D eigenvalue weighted by molar-refractivity contribution is 0.253. The van der Waals surface area contributed by atoms with Crippen LogP contribution in [0.4, 0.5) is 5.69 Å². The average molecular weight is 293 g/mol. The largest absolute Gasteiger partial charge is 0.368 e. The van der Waals surface area contributed by atoms with Gasteiger partial charge in [0.1, 0.15) is 0 Å². The van der Waals surface area contributed by atoms with Gasteiger partial charge < -0.3 is 10.6 Å². The van der Waals surface area contributed by atoms with Crippen LogP contribution in [0.3, 0.4) is 0 Å². The van der Waals surface area contributed by atoms with Crippen LogP contribution in [0.5, 0.6) is 0 Å². The predicted octanol–water partition coefficient (Wildman–Crippen LogP) is 2.66. The molecule has 1 saturated heterocycles. The summed E-state index contributed by atoms with van der Waals surface area (Å²) in [5.74, 6) is 1.13. The van der Waals surface area contributed by atoms with Crippen LogP contribution >= 0.6 is 11.8 Å². The van der Waals surface area contributed by atoms with Crippen molar-refractivity contribution in [1.82, 2.24) is 4.90 Å². The SMILES string of the molecule is CCSc1ccccc1N1CCN(CCCCN)CC1. The standard InChI is InChI=1S/C16H27N3S/c1-2-20-16-8-4-3-7-15(16)19-13-11-18(12-14-19)10-6-5-9-17/h3-4,7-8H,2,5-6,9-14,17H2,1H3. The van der Waals surface area contributed by atoms with E-state index >= 15 is 0 Å². The summed E-state index contributed by atoms with van der Waals surface area (Å²) in [7, 11) is 0. The second-order valence-corrected chi connectivity index (χ2v) is 6.53. The number of piperazine rings is 1. The van der Waals surface area contributed by atoms with E-state index in [-0.39, 0.29) is 0 Å². The van der Waals surface area contributed by atoms with Crippen LogP contribution in [0, 0.1) is 0 Å². The Balaban J connectivity index is 1.87. The maximum absolute atomic E-state index is 5.56. The second kappa shape index (κ2) is 8.55. The summed E-state index contributed by atoms with van der Waals surface area (Å²) in [5.41, 5.74) is 6.98. The molecule has 0 saturated carbocycles. The highest BCUT2D eigenvalue weighted by molar-refractivity contribution is 7.99. The molecule has 0 unspecified atom stereocenters. The van der Waals surface area contributed by atoms with Gasteiger partial charge in [0, 0.05) is 31.1 Å². The summed E-state index contributed by atoms with van der Waals surface area (Å²) in [6.07, 6.45) is 2.38. The first-order valence-corrected chi connectivity index (χ1v) is 8.73. The number of hydrogen-bond donors (Lipinski definition) is 1. The normalized spacial score (nSPS) is 16.6. The molecule has 1 aliphatic rings. The molecule has 0 amide bonds. The molecular weight excluding hydrogens is 266 g/mol. The van der Waals surface area contributed by atoms with Gasteiger partial charge in [-0.15, -0.1) is 11.8 Å². The fourth-order valence-corrected chi connectivity index (χ4v) is 3.52. The molecule has 1 aromatic rings. The first kappa shape index (κ1) is 15.7. The minimum absolute atomic E-state index is 0.821. The Bertz CT molecular complexity index is 389. The van der Waals surface area contributed by atoms with Crippen molar-refractivity contribution < 1.29 is 0 Å². The Hall–Kier alpha value is -0.710. The molecule has 3 nitrogen and oxygen atoms in total. The molecule has 0 bridgehead atoms. The molecule has 2 rings (SSSR count). The number of thioether (sulfide) groups is 1. The van der Waals surface area contributed by atoms with Gasteiger partial charge in [0.2, 0.25) is 0 Å². The van der Waals surface area contributed by atoms with Crippen LogP contribution in [0.2, 0.25) is 0 Å². The second-order valence-electron chi connectivity index (χ2n) is 5.23. The number of nitrogens with two attached hydrogens (primary N) is 1. The zero-order valence-electron chi connectivity index (χ0n) is 12.6. The molecule has 0 aromatic heterocycles. The van der Waals surface area contributed by atoms with Crippen molar-refractivity contribution in [3.63, 3.8) is 0 Å². The van der Waals surface area contributed by atoms with Crippen molar-refractivity contribution in [3.05, 3.63) is 24.3 Å². The van der Waals surface area contributed by atoms with E-state index < -0.39 is 0 Å². The molecule has 0 radical (unpaired) electrons. The zero-order chi connectivity index (χ0) is 14.2. The summed E-state index contributed by atoms with van der Waals surface area (Å²) in [4.78, 5) is 6.53. The molecule has 0 atom stereocenters. The molecule has 1 fully saturated rings. The lowest BCUT2D eigenvalue weighted by Gasteiger charge is -2.37. The van der Waals surface area contributed by atoms with Gasteiger partial charge in [-0.3, -0.25) is 4.90 Å². The van der Waals surface area contributed by atoms with Crippen molar-refractivity contribution in [3.8, 4) is 0 Å². The number of para-hydroxylation sites is 1. The summed E-state index contributed by atoms with van der Waals surface area (Å²) in [5, 5.41) is 0. The third-order valence-electron chi connectivity index (χ3n) is 3.81. The van der Waals surface area contributed by atoms with E-state index in [4.69, 9.17) is 5.73 Å².